The molecule has 1 fully saturated rings. The zero-order chi connectivity index (χ0) is 14.8. The van der Waals surface area contributed by atoms with Crippen molar-refractivity contribution in [2.24, 2.45) is 0 Å². The lowest BCUT2D eigenvalue weighted by Crippen LogP contribution is -2.41. The zero-order valence-corrected chi connectivity index (χ0v) is 12.4. The molecule has 0 unspecified atom stereocenters. The molecule has 116 valence electrons. The maximum Gasteiger partial charge on any atom is 0.221 e. The van der Waals surface area contributed by atoms with Crippen molar-refractivity contribution < 1.29 is 9.53 Å². The fourth-order valence-corrected chi connectivity index (χ4v) is 2.20. The molecule has 1 amide bonds. The van der Waals surface area contributed by atoms with Gasteiger partial charge in [-0.25, -0.2) is 0 Å². The summed E-state index contributed by atoms with van der Waals surface area (Å²) in [5.41, 5.74) is 1.18. The minimum absolute atomic E-state index is 0.102. The highest BCUT2D eigenvalue weighted by Gasteiger charge is 2.09. The summed E-state index contributed by atoms with van der Waals surface area (Å²) in [6.45, 7) is 6.59. The Morgan fingerprint density at radius 2 is 2.00 bits per heavy atom. The van der Waals surface area contributed by atoms with Gasteiger partial charge in [-0.1, -0.05) is 0 Å². The van der Waals surface area contributed by atoms with Gasteiger partial charge in [0.2, 0.25) is 5.91 Å². The largest absolute Gasteiger partial charge is 0.379 e. The van der Waals surface area contributed by atoms with Crippen molar-refractivity contribution in [1.82, 2.24) is 20.5 Å². The molecule has 1 aliphatic rings. The van der Waals surface area contributed by atoms with E-state index >= 15 is 0 Å². The summed E-state index contributed by atoms with van der Waals surface area (Å²) >= 11 is 0. The maximum atomic E-state index is 11.7. The van der Waals surface area contributed by atoms with Gasteiger partial charge in [0.1, 0.15) is 0 Å². The standard InChI is InChI=1S/C15H24N4O2/c20-15(18-7-8-19-9-11-21-12-10-19)3-6-17-13-14-1-4-16-5-2-14/h1-2,4-5,17H,3,6-13H2,(H,18,20). The first-order valence-electron chi connectivity index (χ1n) is 7.51. The molecular formula is C15H24N4O2. The lowest BCUT2D eigenvalue weighted by molar-refractivity contribution is -0.121. The number of carbonyl (C=O) groups excluding carboxylic acids is 1. The predicted octanol–water partition coefficient (Wildman–Crippen LogP) is 0.00970. The molecule has 2 N–H and O–H groups in total. The molecule has 0 bridgehead atoms. The van der Waals surface area contributed by atoms with Gasteiger partial charge in [0.15, 0.2) is 0 Å². The number of hydrogen-bond donors (Lipinski definition) is 2. The fourth-order valence-electron chi connectivity index (χ4n) is 2.20. The Labute approximate surface area is 125 Å². The van der Waals surface area contributed by atoms with Crippen molar-refractivity contribution in [1.29, 1.82) is 0 Å². The summed E-state index contributed by atoms with van der Waals surface area (Å²) in [5, 5.41) is 6.21. The highest BCUT2D eigenvalue weighted by molar-refractivity contribution is 5.76. The molecule has 6 heteroatoms. The van der Waals surface area contributed by atoms with Crippen LogP contribution in [0.5, 0.6) is 0 Å². The van der Waals surface area contributed by atoms with Crippen LogP contribution in [0.4, 0.5) is 0 Å². The number of rotatable bonds is 8. The topological polar surface area (TPSA) is 66.5 Å². The minimum atomic E-state index is 0.102. The molecule has 1 aromatic rings. The summed E-state index contributed by atoms with van der Waals surface area (Å²) < 4.78 is 5.29. The first-order chi connectivity index (χ1) is 10.3. The number of amides is 1. The predicted molar refractivity (Wildman–Crippen MR) is 80.8 cm³/mol. The normalized spacial score (nSPS) is 15.8. The van der Waals surface area contributed by atoms with Gasteiger partial charge in [0.25, 0.3) is 0 Å². The van der Waals surface area contributed by atoms with Gasteiger partial charge in [0.05, 0.1) is 13.2 Å². The smallest absolute Gasteiger partial charge is 0.221 e. The Kier molecular flexibility index (Phi) is 7.14. The third kappa shape index (κ3) is 6.66. The Morgan fingerprint density at radius 1 is 1.24 bits per heavy atom. The number of nitrogens with zero attached hydrogens (tertiary/aromatic N) is 2. The van der Waals surface area contributed by atoms with E-state index in [0.29, 0.717) is 19.5 Å². The van der Waals surface area contributed by atoms with Crippen LogP contribution < -0.4 is 10.6 Å². The van der Waals surface area contributed by atoms with Crippen LogP contribution in [0.15, 0.2) is 24.5 Å². The van der Waals surface area contributed by atoms with E-state index in [1.54, 1.807) is 12.4 Å². The van der Waals surface area contributed by atoms with Crippen LogP contribution in [-0.4, -0.2) is 61.7 Å². The number of ether oxygens (including phenoxy) is 1. The van der Waals surface area contributed by atoms with Gasteiger partial charge in [-0.15, -0.1) is 0 Å². The van der Waals surface area contributed by atoms with Gasteiger partial charge in [-0.2, -0.15) is 0 Å². The Balaban J connectivity index is 1.47. The third-order valence-corrected chi connectivity index (χ3v) is 3.46. The summed E-state index contributed by atoms with van der Waals surface area (Å²) in [6.07, 6.45) is 4.05. The summed E-state index contributed by atoms with van der Waals surface area (Å²) in [7, 11) is 0. The summed E-state index contributed by atoms with van der Waals surface area (Å²) in [4.78, 5) is 18.0. The lowest BCUT2D eigenvalue weighted by atomic mass is 10.2. The highest BCUT2D eigenvalue weighted by Crippen LogP contribution is 1.96. The SMILES string of the molecule is O=C(CCNCc1ccncc1)NCCN1CCOCC1. The van der Waals surface area contributed by atoms with Crippen LogP contribution in [0.2, 0.25) is 0 Å². The molecule has 1 aliphatic heterocycles. The monoisotopic (exact) mass is 292 g/mol. The van der Waals surface area contributed by atoms with Gasteiger partial charge in [-0.05, 0) is 17.7 Å². The van der Waals surface area contributed by atoms with E-state index in [9.17, 15) is 4.79 Å². The molecule has 1 aromatic heterocycles. The van der Waals surface area contributed by atoms with Gasteiger partial charge in [0, 0.05) is 58.1 Å². The highest BCUT2D eigenvalue weighted by atomic mass is 16.5. The van der Waals surface area contributed by atoms with E-state index in [-0.39, 0.29) is 5.91 Å². The van der Waals surface area contributed by atoms with Crippen LogP contribution in [0.3, 0.4) is 0 Å². The van der Waals surface area contributed by atoms with Crippen molar-refractivity contribution in [3.8, 4) is 0 Å². The quantitative estimate of drug-likeness (QED) is 0.661. The second-order valence-corrected chi connectivity index (χ2v) is 5.09. The second kappa shape index (κ2) is 9.44. The van der Waals surface area contributed by atoms with Gasteiger partial charge < -0.3 is 15.4 Å². The van der Waals surface area contributed by atoms with Crippen LogP contribution in [0.25, 0.3) is 0 Å². The number of aromatic nitrogens is 1. The van der Waals surface area contributed by atoms with Crippen molar-refractivity contribution in [3.63, 3.8) is 0 Å². The molecule has 0 aromatic carbocycles. The van der Waals surface area contributed by atoms with Crippen LogP contribution >= 0.6 is 0 Å². The first-order valence-corrected chi connectivity index (χ1v) is 7.51. The molecule has 0 saturated carbocycles. The molecule has 6 nitrogen and oxygen atoms in total. The molecule has 1 saturated heterocycles. The molecule has 2 heterocycles. The molecule has 2 rings (SSSR count). The summed E-state index contributed by atoms with van der Waals surface area (Å²) in [5.74, 6) is 0.102. The number of carbonyl (C=O) groups is 1. The van der Waals surface area contributed by atoms with E-state index in [4.69, 9.17) is 4.74 Å². The Hall–Kier alpha value is -1.50. The Morgan fingerprint density at radius 3 is 2.76 bits per heavy atom. The minimum Gasteiger partial charge on any atom is -0.379 e. The lowest BCUT2D eigenvalue weighted by Gasteiger charge is -2.26. The Bertz CT molecular complexity index is 407. The average molecular weight is 292 g/mol. The molecule has 0 atom stereocenters. The molecular weight excluding hydrogens is 268 g/mol. The number of pyridine rings is 1. The summed E-state index contributed by atoms with van der Waals surface area (Å²) in [6, 6.07) is 3.94. The van der Waals surface area contributed by atoms with Crippen molar-refractivity contribution >= 4 is 5.91 Å². The number of nitrogens with one attached hydrogen (secondary N) is 2. The fraction of sp³-hybridized carbons (Fsp3) is 0.600. The molecule has 0 radical (unpaired) electrons. The van der Waals surface area contributed by atoms with E-state index in [1.165, 1.54) is 5.56 Å². The zero-order valence-electron chi connectivity index (χ0n) is 12.4. The van der Waals surface area contributed by atoms with E-state index in [2.05, 4.69) is 20.5 Å². The van der Waals surface area contributed by atoms with E-state index in [0.717, 1.165) is 39.4 Å². The van der Waals surface area contributed by atoms with E-state index < -0.39 is 0 Å². The van der Waals surface area contributed by atoms with Crippen LogP contribution in [0, 0.1) is 0 Å². The van der Waals surface area contributed by atoms with Crippen molar-refractivity contribution in [2.75, 3.05) is 45.9 Å². The molecule has 0 aliphatic carbocycles. The van der Waals surface area contributed by atoms with Crippen molar-refractivity contribution in [2.45, 2.75) is 13.0 Å². The third-order valence-electron chi connectivity index (χ3n) is 3.46. The molecule has 0 spiro atoms. The first kappa shape index (κ1) is 15.9. The van der Waals surface area contributed by atoms with E-state index in [1.807, 2.05) is 12.1 Å². The van der Waals surface area contributed by atoms with Gasteiger partial charge >= 0.3 is 0 Å². The van der Waals surface area contributed by atoms with Crippen LogP contribution in [0.1, 0.15) is 12.0 Å². The number of morpholine rings is 1. The van der Waals surface area contributed by atoms with Crippen molar-refractivity contribution in [3.05, 3.63) is 30.1 Å². The number of hydrogen-bond acceptors (Lipinski definition) is 5. The second-order valence-electron chi connectivity index (χ2n) is 5.09. The van der Waals surface area contributed by atoms with Gasteiger partial charge in [-0.3, -0.25) is 14.7 Å². The van der Waals surface area contributed by atoms with Crippen LogP contribution in [-0.2, 0) is 16.1 Å². The molecule has 21 heavy (non-hydrogen) atoms. The average Bonchev–Trinajstić information content (AvgIpc) is 2.54. The maximum absolute atomic E-state index is 11.7.